The van der Waals surface area contributed by atoms with E-state index >= 15 is 0 Å². The van der Waals surface area contributed by atoms with Gasteiger partial charge in [0.05, 0.1) is 0 Å². The summed E-state index contributed by atoms with van der Waals surface area (Å²) in [6.07, 6.45) is 6.85. The molecular weight excluding hydrogens is 175 g/mol. The van der Waals surface area contributed by atoms with E-state index in [0.29, 0.717) is 6.71 Å². The molecule has 0 saturated heterocycles. The maximum Gasteiger partial charge on any atom is 0.303 e. The van der Waals surface area contributed by atoms with Gasteiger partial charge >= 0.3 is 5.97 Å². The Morgan fingerprint density at radius 3 is 2.29 bits per heavy atom. The summed E-state index contributed by atoms with van der Waals surface area (Å²) >= 11 is 0. The highest BCUT2D eigenvalue weighted by Crippen LogP contribution is 2.36. The molecule has 1 rings (SSSR count). The van der Waals surface area contributed by atoms with Crippen LogP contribution in [0.1, 0.15) is 39.0 Å². The van der Waals surface area contributed by atoms with Crippen molar-refractivity contribution in [1.82, 2.24) is 0 Å². The minimum atomic E-state index is -0.127. The first-order valence-electron chi connectivity index (χ1n) is 5.74. The molecule has 1 aliphatic rings. The number of hydrogen-bond acceptors (Lipinski definition) is 2. The van der Waals surface area contributed by atoms with Crippen molar-refractivity contribution in [3.8, 4) is 0 Å². The van der Waals surface area contributed by atoms with Crippen LogP contribution in [-0.2, 0) is 9.53 Å². The molecule has 0 unspecified atom stereocenters. The van der Waals surface area contributed by atoms with E-state index in [-0.39, 0.29) is 11.6 Å². The number of rotatable bonds is 3. The lowest BCUT2D eigenvalue weighted by atomic mass is 9.47. The molecule has 80 valence electrons. The molecule has 0 heterocycles. The minimum Gasteiger partial charge on any atom is -0.460 e. The fourth-order valence-electron chi connectivity index (χ4n) is 2.59. The summed E-state index contributed by atoms with van der Waals surface area (Å²) in [4.78, 5) is 11.1. The van der Waals surface area contributed by atoms with E-state index in [4.69, 9.17) is 4.74 Å². The third kappa shape index (κ3) is 3.35. The highest BCUT2D eigenvalue weighted by atomic mass is 16.6. The summed E-state index contributed by atoms with van der Waals surface area (Å²) in [6, 6.07) is 0. The predicted molar refractivity (Wildman–Crippen MR) is 59.9 cm³/mol. The van der Waals surface area contributed by atoms with Crippen molar-refractivity contribution < 1.29 is 9.53 Å². The fraction of sp³-hybridized carbons (Fsp3) is 0.909. The quantitative estimate of drug-likeness (QED) is 0.512. The van der Waals surface area contributed by atoms with Crippen molar-refractivity contribution in [2.45, 2.75) is 64.6 Å². The summed E-state index contributed by atoms with van der Waals surface area (Å²) in [5.74, 6) is -0.118. The number of ether oxygens (including phenoxy) is 1. The van der Waals surface area contributed by atoms with Crippen LogP contribution in [0.5, 0.6) is 0 Å². The van der Waals surface area contributed by atoms with Crippen LogP contribution in [0, 0.1) is 0 Å². The van der Waals surface area contributed by atoms with Gasteiger partial charge in [0.25, 0.3) is 0 Å². The van der Waals surface area contributed by atoms with E-state index in [1.807, 2.05) is 0 Å². The lowest BCUT2D eigenvalue weighted by Gasteiger charge is -2.37. The molecule has 2 nitrogen and oxygen atoms in total. The van der Waals surface area contributed by atoms with Gasteiger partial charge < -0.3 is 4.74 Å². The zero-order valence-electron chi connectivity index (χ0n) is 9.64. The first-order chi connectivity index (χ1) is 6.54. The van der Waals surface area contributed by atoms with Gasteiger partial charge in [-0.1, -0.05) is 20.1 Å². The number of esters is 1. The van der Waals surface area contributed by atoms with Gasteiger partial charge in [0, 0.05) is 6.92 Å². The van der Waals surface area contributed by atoms with Gasteiger partial charge in [-0.2, -0.15) is 0 Å². The van der Waals surface area contributed by atoms with Gasteiger partial charge in [0.2, 0.25) is 0 Å². The average molecular weight is 196 g/mol. The maximum absolute atomic E-state index is 11.1. The summed E-state index contributed by atoms with van der Waals surface area (Å²) < 4.78 is 5.55. The van der Waals surface area contributed by atoms with Crippen molar-refractivity contribution in [2.24, 2.45) is 0 Å². The van der Waals surface area contributed by atoms with Gasteiger partial charge in [-0.05, 0) is 32.0 Å². The van der Waals surface area contributed by atoms with Gasteiger partial charge in [-0.3, -0.25) is 4.79 Å². The smallest absolute Gasteiger partial charge is 0.303 e. The Morgan fingerprint density at radius 1 is 1.29 bits per heavy atom. The van der Waals surface area contributed by atoms with Gasteiger partial charge in [0.15, 0.2) is 0 Å². The summed E-state index contributed by atoms with van der Waals surface area (Å²) in [5.41, 5.74) is -0.127. The molecule has 0 amide bonds. The van der Waals surface area contributed by atoms with Crippen LogP contribution in [0.3, 0.4) is 0 Å². The van der Waals surface area contributed by atoms with Crippen LogP contribution in [-0.4, -0.2) is 18.3 Å². The van der Waals surface area contributed by atoms with Crippen LogP contribution in [0.25, 0.3) is 0 Å². The molecular formula is C11H21BO2. The van der Waals surface area contributed by atoms with E-state index in [0.717, 1.165) is 19.2 Å². The molecule has 1 saturated carbocycles. The topological polar surface area (TPSA) is 26.3 Å². The Bertz CT molecular complexity index is 195. The fourth-order valence-corrected chi connectivity index (χ4v) is 2.59. The van der Waals surface area contributed by atoms with E-state index in [9.17, 15) is 4.79 Å². The second kappa shape index (κ2) is 4.85. The SMILES string of the molecule is CB(C)CC1(OC(C)=O)CCCCC1. The highest BCUT2D eigenvalue weighted by Gasteiger charge is 2.35. The minimum absolute atomic E-state index is 0.118. The Labute approximate surface area is 87.5 Å². The largest absolute Gasteiger partial charge is 0.460 e. The molecule has 14 heavy (non-hydrogen) atoms. The van der Waals surface area contributed by atoms with Crippen LogP contribution in [0.15, 0.2) is 0 Å². The Hall–Kier alpha value is -0.465. The first kappa shape index (κ1) is 11.6. The van der Waals surface area contributed by atoms with E-state index in [2.05, 4.69) is 13.6 Å². The van der Waals surface area contributed by atoms with E-state index in [1.54, 1.807) is 0 Å². The highest BCUT2D eigenvalue weighted by molar-refractivity contribution is 6.56. The molecule has 3 heteroatoms. The van der Waals surface area contributed by atoms with Crippen LogP contribution >= 0.6 is 0 Å². The molecule has 0 aromatic heterocycles. The number of carbonyl (C=O) groups excluding carboxylic acids is 1. The van der Waals surface area contributed by atoms with Gasteiger partial charge in [-0.25, -0.2) is 0 Å². The van der Waals surface area contributed by atoms with E-state index < -0.39 is 0 Å². The molecule has 0 aliphatic heterocycles. The zero-order valence-corrected chi connectivity index (χ0v) is 9.64. The van der Waals surface area contributed by atoms with Gasteiger partial charge in [-0.15, -0.1) is 0 Å². The second-order valence-corrected chi connectivity index (χ2v) is 4.94. The Balaban J connectivity index is 2.61. The number of carbonyl (C=O) groups is 1. The Kier molecular flexibility index (Phi) is 4.03. The second-order valence-electron chi connectivity index (χ2n) is 4.94. The van der Waals surface area contributed by atoms with Crippen molar-refractivity contribution in [2.75, 3.05) is 0 Å². The van der Waals surface area contributed by atoms with Crippen molar-refractivity contribution in [3.05, 3.63) is 0 Å². The summed E-state index contributed by atoms with van der Waals surface area (Å²) in [5, 5.41) is 0. The summed E-state index contributed by atoms with van der Waals surface area (Å²) in [6.45, 7) is 6.52. The molecule has 1 fully saturated rings. The first-order valence-corrected chi connectivity index (χ1v) is 5.74. The van der Waals surface area contributed by atoms with Crippen molar-refractivity contribution in [1.29, 1.82) is 0 Å². The van der Waals surface area contributed by atoms with Gasteiger partial charge in [0.1, 0.15) is 12.3 Å². The lowest BCUT2D eigenvalue weighted by molar-refractivity contribution is -0.158. The molecule has 0 atom stereocenters. The zero-order chi connectivity index (χ0) is 10.6. The lowest BCUT2D eigenvalue weighted by Crippen LogP contribution is -2.39. The molecule has 0 radical (unpaired) electrons. The molecule has 0 bridgehead atoms. The van der Waals surface area contributed by atoms with Crippen molar-refractivity contribution >= 4 is 12.7 Å². The van der Waals surface area contributed by atoms with Crippen LogP contribution < -0.4 is 0 Å². The van der Waals surface area contributed by atoms with E-state index in [1.165, 1.54) is 26.2 Å². The average Bonchev–Trinajstić information content (AvgIpc) is 2.01. The third-order valence-electron chi connectivity index (χ3n) is 2.91. The molecule has 0 aromatic rings. The monoisotopic (exact) mass is 196 g/mol. The standard InChI is InChI=1S/C11H21BO2/c1-10(13)14-11(9-12(2)3)7-5-4-6-8-11/h4-9H2,1-3H3. The van der Waals surface area contributed by atoms with Crippen LogP contribution in [0.4, 0.5) is 0 Å². The molecule has 0 N–H and O–H groups in total. The Morgan fingerprint density at radius 2 is 1.86 bits per heavy atom. The van der Waals surface area contributed by atoms with Crippen LogP contribution in [0.2, 0.25) is 20.0 Å². The molecule has 0 aromatic carbocycles. The van der Waals surface area contributed by atoms with Crippen molar-refractivity contribution in [3.63, 3.8) is 0 Å². The molecule has 1 aliphatic carbocycles. The predicted octanol–water partition coefficient (Wildman–Crippen LogP) is 3.01. The maximum atomic E-state index is 11.1. The number of hydrogen-bond donors (Lipinski definition) is 0. The normalized spacial score (nSPS) is 20.2. The molecule has 0 spiro atoms. The summed E-state index contributed by atoms with van der Waals surface area (Å²) in [7, 11) is 0. The third-order valence-corrected chi connectivity index (χ3v) is 2.91.